The number of para-hydroxylation sites is 1. The number of rotatable bonds is 0. The van der Waals surface area contributed by atoms with Crippen LogP contribution in [0.25, 0.3) is 5.57 Å². The number of carbonyl (C=O) groups is 1. The number of nitrogens with zero attached hydrogens (tertiary/aromatic N) is 2. The largest absolute Gasteiger partial charge is 0.438 e. The standard InChI is InChI=1S/C19H18N2O2/c1-13(22)21-11-8-14(9-12-21)18-15-5-2-3-7-17(15)23-19-16(18)6-4-10-20-19/h2-7,10H,8-9,11-12H2,1H3. The van der Waals surface area contributed by atoms with Gasteiger partial charge in [-0.2, -0.15) is 0 Å². The fourth-order valence-corrected chi connectivity index (χ4v) is 3.40. The summed E-state index contributed by atoms with van der Waals surface area (Å²) in [6.45, 7) is 3.21. The van der Waals surface area contributed by atoms with E-state index < -0.39 is 0 Å². The first-order valence-corrected chi connectivity index (χ1v) is 7.94. The van der Waals surface area contributed by atoms with Gasteiger partial charge in [-0.15, -0.1) is 0 Å². The summed E-state index contributed by atoms with van der Waals surface area (Å²) >= 11 is 0. The molecule has 1 saturated heterocycles. The molecule has 0 saturated carbocycles. The number of amides is 1. The summed E-state index contributed by atoms with van der Waals surface area (Å²) in [5.41, 5.74) is 4.79. The highest BCUT2D eigenvalue weighted by molar-refractivity contribution is 5.89. The van der Waals surface area contributed by atoms with Crippen LogP contribution < -0.4 is 4.74 Å². The highest BCUT2D eigenvalue weighted by Crippen LogP contribution is 2.45. The monoisotopic (exact) mass is 306 g/mol. The molecular weight excluding hydrogens is 288 g/mol. The highest BCUT2D eigenvalue weighted by Gasteiger charge is 2.27. The second-order valence-corrected chi connectivity index (χ2v) is 5.94. The van der Waals surface area contributed by atoms with Gasteiger partial charge in [0, 0.05) is 37.3 Å². The summed E-state index contributed by atoms with van der Waals surface area (Å²) in [5.74, 6) is 1.68. The zero-order valence-corrected chi connectivity index (χ0v) is 13.1. The Morgan fingerprint density at radius 1 is 1.09 bits per heavy atom. The van der Waals surface area contributed by atoms with Crippen LogP contribution in [0.3, 0.4) is 0 Å². The molecule has 0 aliphatic carbocycles. The van der Waals surface area contributed by atoms with Crippen LogP contribution >= 0.6 is 0 Å². The van der Waals surface area contributed by atoms with Gasteiger partial charge < -0.3 is 9.64 Å². The zero-order chi connectivity index (χ0) is 15.8. The number of hydrogen-bond acceptors (Lipinski definition) is 3. The molecule has 4 heteroatoms. The van der Waals surface area contributed by atoms with Gasteiger partial charge in [-0.05, 0) is 36.6 Å². The van der Waals surface area contributed by atoms with Crippen LogP contribution in [-0.4, -0.2) is 28.9 Å². The molecule has 23 heavy (non-hydrogen) atoms. The SMILES string of the molecule is CC(=O)N1CCC(=C2c3ccccc3Oc3ncccc32)CC1. The molecule has 2 aromatic rings. The Hall–Kier alpha value is -2.62. The molecule has 116 valence electrons. The van der Waals surface area contributed by atoms with E-state index in [1.54, 1.807) is 13.1 Å². The topological polar surface area (TPSA) is 42.4 Å². The van der Waals surface area contributed by atoms with E-state index in [2.05, 4.69) is 17.1 Å². The Morgan fingerprint density at radius 2 is 1.83 bits per heavy atom. The fraction of sp³-hybridized carbons (Fsp3) is 0.263. The first kappa shape index (κ1) is 14.0. The van der Waals surface area contributed by atoms with Gasteiger partial charge in [-0.3, -0.25) is 4.79 Å². The van der Waals surface area contributed by atoms with E-state index >= 15 is 0 Å². The molecule has 1 amide bonds. The number of hydrogen-bond donors (Lipinski definition) is 0. The first-order valence-electron chi connectivity index (χ1n) is 7.94. The smallest absolute Gasteiger partial charge is 0.227 e. The number of benzene rings is 1. The van der Waals surface area contributed by atoms with Crippen molar-refractivity contribution in [3.05, 3.63) is 59.3 Å². The molecule has 4 rings (SSSR count). The van der Waals surface area contributed by atoms with Gasteiger partial charge in [-0.1, -0.05) is 23.8 Å². The minimum absolute atomic E-state index is 0.156. The van der Waals surface area contributed by atoms with Gasteiger partial charge in [0.05, 0.1) is 0 Å². The molecule has 1 fully saturated rings. The zero-order valence-electron chi connectivity index (χ0n) is 13.1. The van der Waals surface area contributed by atoms with E-state index in [1.165, 1.54) is 11.1 Å². The van der Waals surface area contributed by atoms with Crippen molar-refractivity contribution in [1.82, 2.24) is 9.88 Å². The third-order valence-corrected chi connectivity index (χ3v) is 4.57. The van der Waals surface area contributed by atoms with Crippen molar-refractivity contribution in [2.45, 2.75) is 19.8 Å². The number of aromatic nitrogens is 1. The average Bonchev–Trinajstić information content (AvgIpc) is 2.59. The molecule has 2 aliphatic rings. The first-order chi connectivity index (χ1) is 11.2. The van der Waals surface area contributed by atoms with E-state index in [9.17, 15) is 4.79 Å². The maximum atomic E-state index is 11.6. The Kier molecular flexibility index (Phi) is 3.37. The summed E-state index contributed by atoms with van der Waals surface area (Å²) in [5, 5.41) is 0. The van der Waals surface area contributed by atoms with Crippen LogP contribution in [0.4, 0.5) is 0 Å². The predicted molar refractivity (Wildman–Crippen MR) is 88.3 cm³/mol. The molecule has 1 aromatic heterocycles. The van der Waals surface area contributed by atoms with Gasteiger partial charge in [0.1, 0.15) is 5.75 Å². The number of carbonyl (C=O) groups excluding carboxylic acids is 1. The Balaban J connectivity index is 1.82. The quantitative estimate of drug-likeness (QED) is 0.637. The van der Waals surface area contributed by atoms with Crippen molar-refractivity contribution in [3.8, 4) is 11.6 Å². The van der Waals surface area contributed by atoms with Crippen molar-refractivity contribution in [3.63, 3.8) is 0 Å². The highest BCUT2D eigenvalue weighted by atomic mass is 16.5. The molecule has 0 spiro atoms. The molecule has 2 aliphatic heterocycles. The van der Waals surface area contributed by atoms with Crippen LogP contribution in [0.2, 0.25) is 0 Å². The lowest BCUT2D eigenvalue weighted by Crippen LogP contribution is -2.34. The van der Waals surface area contributed by atoms with E-state index in [0.717, 1.165) is 42.8 Å². The molecule has 0 radical (unpaired) electrons. The van der Waals surface area contributed by atoms with E-state index in [4.69, 9.17) is 4.74 Å². The minimum atomic E-state index is 0.156. The van der Waals surface area contributed by atoms with Crippen molar-refractivity contribution in [2.24, 2.45) is 0 Å². The summed E-state index contributed by atoms with van der Waals surface area (Å²) in [4.78, 5) is 17.9. The third-order valence-electron chi connectivity index (χ3n) is 4.57. The van der Waals surface area contributed by atoms with Crippen molar-refractivity contribution in [1.29, 1.82) is 0 Å². The molecular formula is C19H18N2O2. The summed E-state index contributed by atoms with van der Waals surface area (Å²) < 4.78 is 5.95. The molecule has 0 atom stereocenters. The predicted octanol–water partition coefficient (Wildman–Crippen LogP) is 3.63. The number of likely N-dealkylation sites (tertiary alicyclic amines) is 1. The number of pyridine rings is 1. The van der Waals surface area contributed by atoms with Crippen LogP contribution in [-0.2, 0) is 4.79 Å². The normalized spacial score (nSPS) is 16.5. The van der Waals surface area contributed by atoms with Gasteiger partial charge in [0.15, 0.2) is 0 Å². The number of fused-ring (bicyclic) bond motifs is 2. The maximum Gasteiger partial charge on any atom is 0.227 e. The third kappa shape index (κ3) is 2.40. The minimum Gasteiger partial charge on any atom is -0.438 e. The molecule has 0 N–H and O–H groups in total. The molecule has 0 bridgehead atoms. The van der Waals surface area contributed by atoms with E-state index in [0.29, 0.717) is 5.88 Å². The summed E-state index contributed by atoms with van der Waals surface area (Å²) in [6.07, 6.45) is 3.56. The molecule has 1 aromatic carbocycles. The van der Waals surface area contributed by atoms with Gasteiger partial charge in [0.2, 0.25) is 11.8 Å². The van der Waals surface area contributed by atoms with E-state index in [1.807, 2.05) is 29.2 Å². The lowest BCUT2D eigenvalue weighted by Gasteiger charge is -2.31. The Labute approximate surface area is 135 Å². The van der Waals surface area contributed by atoms with Crippen molar-refractivity contribution < 1.29 is 9.53 Å². The molecule has 0 unspecified atom stereocenters. The van der Waals surface area contributed by atoms with Crippen LogP contribution in [0.15, 0.2) is 48.2 Å². The molecule has 3 heterocycles. The second kappa shape index (κ2) is 5.54. The average molecular weight is 306 g/mol. The van der Waals surface area contributed by atoms with Crippen molar-refractivity contribution >= 4 is 11.5 Å². The number of ether oxygens (including phenoxy) is 1. The van der Waals surface area contributed by atoms with Crippen LogP contribution in [0.1, 0.15) is 30.9 Å². The fourth-order valence-electron chi connectivity index (χ4n) is 3.40. The lowest BCUT2D eigenvalue weighted by atomic mass is 9.87. The Bertz CT molecular complexity index is 753. The summed E-state index contributed by atoms with van der Waals surface area (Å²) in [7, 11) is 0. The van der Waals surface area contributed by atoms with E-state index in [-0.39, 0.29) is 5.91 Å². The van der Waals surface area contributed by atoms with Gasteiger partial charge >= 0.3 is 0 Å². The lowest BCUT2D eigenvalue weighted by molar-refractivity contribution is -0.129. The number of piperidine rings is 1. The summed E-state index contributed by atoms with van der Waals surface area (Å²) in [6, 6.07) is 12.1. The van der Waals surface area contributed by atoms with Gasteiger partial charge in [0.25, 0.3) is 0 Å². The second-order valence-electron chi connectivity index (χ2n) is 5.94. The van der Waals surface area contributed by atoms with Crippen LogP contribution in [0.5, 0.6) is 11.6 Å². The van der Waals surface area contributed by atoms with Gasteiger partial charge in [-0.25, -0.2) is 4.98 Å². The molecule has 4 nitrogen and oxygen atoms in total. The van der Waals surface area contributed by atoms with Crippen molar-refractivity contribution in [2.75, 3.05) is 13.1 Å². The Morgan fingerprint density at radius 3 is 2.61 bits per heavy atom. The maximum absolute atomic E-state index is 11.6. The van der Waals surface area contributed by atoms with Crippen LogP contribution in [0, 0.1) is 0 Å².